The Balaban J connectivity index is 2.56. The number of carbonyl (C=O) groups excluding carboxylic acids is 2. The van der Waals surface area contributed by atoms with Crippen LogP contribution in [0.1, 0.15) is 41.8 Å². The van der Waals surface area contributed by atoms with E-state index in [1.54, 1.807) is 12.1 Å². The van der Waals surface area contributed by atoms with Crippen LogP contribution in [0.4, 0.5) is 0 Å². The Morgan fingerprint density at radius 1 is 1.13 bits per heavy atom. The minimum Gasteiger partial charge on any atom is -0.480 e. The lowest BCUT2D eigenvalue weighted by molar-refractivity contribution is -0.142. The van der Waals surface area contributed by atoms with Gasteiger partial charge in [0.25, 0.3) is 5.91 Å². The third kappa shape index (κ3) is 6.10. The van der Waals surface area contributed by atoms with E-state index in [2.05, 4.69) is 10.6 Å². The van der Waals surface area contributed by atoms with Crippen LogP contribution in [0.5, 0.6) is 0 Å². The van der Waals surface area contributed by atoms with Crippen LogP contribution < -0.4 is 10.6 Å². The highest BCUT2D eigenvalue weighted by Crippen LogP contribution is 2.09. The van der Waals surface area contributed by atoms with Crippen molar-refractivity contribution in [1.29, 1.82) is 0 Å². The van der Waals surface area contributed by atoms with Crippen LogP contribution in [-0.2, 0) is 9.59 Å². The molecule has 0 aliphatic carbocycles. The molecule has 1 atom stereocenters. The second-order valence-electron chi connectivity index (χ2n) is 6.07. The second kappa shape index (κ2) is 8.31. The van der Waals surface area contributed by atoms with Crippen LogP contribution >= 0.6 is 0 Å². The average Bonchev–Trinajstić information content (AvgIpc) is 2.46. The molecule has 126 valence electrons. The van der Waals surface area contributed by atoms with Gasteiger partial charge in [0.1, 0.15) is 6.04 Å². The predicted molar refractivity (Wildman–Crippen MR) is 87.3 cm³/mol. The smallest absolute Gasteiger partial charge is 0.326 e. The molecule has 0 fully saturated rings. The molecule has 0 heterocycles. The summed E-state index contributed by atoms with van der Waals surface area (Å²) in [5.74, 6) is -1.82. The maximum absolute atomic E-state index is 12.0. The standard InChI is InChI=1S/C17H24N2O4/c1-10(2)7-14(17(22)23)19-15(20)9-18-16(21)13-6-5-11(3)12(4)8-13/h5-6,8,10,14H,7,9H2,1-4H3,(H,18,21)(H,19,20)(H,22,23). The van der Waals surface area contributed by atoms with Crippen molar-refractivity contribution in [2.75, 3.05) is 6.54 Å². The van der Waals surface area contributed by atoms with Gasteiger partial charge in [-0.05, 0) is 49.4 Å². The fraction of sp³-hybridized carbons (Fsp3) is 0.471. The Kier molecular flexibility index (Phi) is 6.75. The molecule has 0 aliphatic rings. The lowest BCUT2D eigenvalue weighted by atomic mass is 10.0. The van der Waals surface area contributed by atoms with Crippen LogP contribution in [0.2, 0.25) is 0 Å². The summed E-state index contributed by atoms with van der Waals surface area (Å²) in [5, 5.41) is 14.0. The zero-order valence-corrected chi connectivity index (χ0v) is 14.0. The number of carboxylic acid groups (broad SMARTS) is 1. The number of carboxylic acids is 1. The van der Waals surface area contributed by atoms with Crippen LogP contribution in [0.25, 0.3) is 0 Å². The first-order valence-corrected chi connectivity index (χ1v) is 7.58. The molecule has 0 saturated heterocycles. The maximum Gasteiger partial charge on any atom is 0.326 e. The van der Waals surface area contributed by atoms with Crippen molar-refractivity contribution in [3.63, 3.8) is 0 Å². The van der Waals surface area contributed by atoms with Gasteiger partial charge in [-0.15, -0.1) is 0 Å². The molecule has 6 heteroatoms. The van der Waals surface area contributed by atoms with Crippen LogP contribution in [0.15, 0.2) is 18.2 Å². The maximum atomic E-state index is 12.0. The van der Waals surface area contributed by atoms with E-state index in [0.29, 0.717) is 12.0 Å². The quantitative estimate of drug-likeness (QED) is 0.712. The molecule has 0 aromatic heterocycles. The Labute approximate surface area is 136 Å². The molecule has 0 saturated carbocycles. The third-order valence-corrected chi connectivity index (χ3v) is 3.52. The van der Waals surface area contributed by atoms with Crippen LogP contribution in [-0.4, -0.2) is 35.5 Å². The van der Waals surface area contributed by atoms with Gasteiger partial charge in [0.2, 0.25) is 5.91 Å². The van der Waals surface area contributed by atoms with Gasteiger partial charge in [-0.2, -0.15) is 0 Å². The summed E-state index contributed by atoms with van der Waals surface area (Å²) >= 11 is 0. The summed E-state index contributed by atoms with van der Waals surface area (Å²) in [5.41, 5.74) is 2.54. The van der Waals surface area contributed by atoms with Crippen molar-refractivity contribution < 1.29 is 19.5 Å². The molecule has 0 spiro atoms. The molecule has 3 N–H and O–H groups in total. The SMILES string of the molecule is Cc1ccc(C(=O)NCC(=O)NC(CC(C)C)C(=O)O)cc1C. The number of carbonyl (C=O) groups is 3. The highest BCUT2D eigenvalue weighted by molar-refractivity contribution is 5.97. The number of benzene rings is 1. The zero-order valence-electron chi connectivity index (χ0n) is 14.0. The monoisotopic (exact) mass is 320 g/mol. The number of hydrogen-bond acceptors (Lipinski definition) is 3. The number of aryl methyl sites for hydroxylation is 2. The summed E-state index contributed by atoms with van der Waals surface area (Å²) in [6.45, 7) is 7.36. The predicted octanol–water partition coefficient (Wildman–Crippen LogP) is 1.65. The van der Waals surface area contributed by atoms with Gasteiger partial charge < -0.3 is 15.7 Å². The van der Waals surface area contributed by atoms with E-state index in [1.165, 1.54) is 0 Å². The average molecular weight is 320 g/mol. The number of hydrogen-bond donors (Lipinski definition) is 3. The van der Waals surface area contributed by atoms with Gasteiger partial charge >= 0.3 is 5.97 Å². The normalized spacial score (nSPS) is 11.9. The first-order valence-electron chi connectivity index (χ1n) is 7.58. The first kappa shape index (κ1) is 18.7. The molecule has 2 amide bonds. The molecule has 1 unspecified atom stereocenters. The summed E-state index contributed by atoms with van der Waals surface area (Å²) < 4.78 is 0. The molecule has 1 rings (SSSR count). The van der Waals surface area contributed by atoms with Gasteiger partial charge in [-0.1, -0.05) is 19.9 Å². The number of aliphatic carboxylic acids is 1. The van der Waals surface area contributed by atoms with Crippen LogP contribution in [0, 0.1) is 19.8 Å². The molecular formula is C17H24N2O4. The van der Waals surface area contributed by atoms with E-state index in [4.69, 9.17) is 5.11 Å². The van der Waals surface area contributed by atoms with E-state index in [-0.39, 0.29) is 18.4 Å². The molecule has 0 bridgehead atoms. The van der Waals surface area contributed by atoms with Gasteiger partial charge in [0, 0.05) is 5.56 Å². The minimum atomic E-state index is -1.08. The van der Waals surface area contributed by atoms with Gasteiger partial charge in [-0.25, -0.2) is 4.79 Å². The van der Waals surface area contributed by atoms with E-state index >= 15 is 0 Å². The summed E-state index contributed by atoms with van der Waals surface area (Å²) in [6.07, 6.45) is 0.339. The largest absolute Gasteiger partial charge is 0.480 e. The topological polar surface area (TPSA) is 95.5 Å². The first-order chi connectivity index (χ1) is 10.7. The Hall–Kier alpha value is -2.37. The molecule has 1 aromatic rings. The number of rotatable bonds is 7. The van der Waals surface area contributed by atoms with Crippen molar-refractivity contribution in [3.05, 3.63) is 34.9 Å². The fourth-order valence-electron chi connectivity index (χ4n) is 2.08. The fourth-order valence-corrected chi connectivity index (χ4v) is 2.08. The summed E-state index contributed by atoms with van der Waals surface area (Å²) in [4.78, 5) is 34.9. The molecule has 23 heavy (non-hydrogen) atoms. The Morgan fingerprint density at radius 2 is 1.78 bits per heavy atom. The number of nitrogens with one attached hydrogen (secondary N) is 2. The van der Waals surface area contributed by atoms with Gasteiger partial charge in [0.05, 0.1) is 6.54 Å². The van der Waals surface area contributed by atoms with Crippen molar-refractivity contribution in [2.45, 2.75) is 40.2 Å². The molecule has 1 aromatic carbocycles. The van der Waals surface area contributed by atoms with Gasteiger partial charge in [0.15, 0.2) is 0 Å². The van der Waals surface area contributed by atoms with E-state index in [9.17, 15) is 14.4 Å². The van der Waals surface area contributed by atoms with E-state index in [1.807, 2.05) is 33.8 Å². The van der Waals surface area contributed by atoms with Crippen molar-refractivity contribution in [1.82, 2.24) is 10.6 Å². The summed E-state index contributed by atoms with van der Waals surface area (Å²) in [7, 11) is 0. The number of amides is 2. The Bertz CT molecular complexity index is 596. The van der Waals surface area contributed by atoms with Gasteiger partial charge in [-0.3, -0.25) is 9.59 Å². The van der Waals surface area contributed by atoms with E-state index in [0.717, 1.165) is 11.1 Å². The zero-order chi connectivity index (χ0) is 17.6. The van der Waals surface area contributed by atoms with Crippen molar-refractivity contribution in [2.24, 2.45) is 5.92 Å². The second-order valence-corrected chi connectivity index (χ2v) is 6.07. The van der Waals surface area contributed by atoms with Crippen molar-refractivity contribution in [3.8, 4) is 0 Å². The molecule has 0 aliphatic heterocycles. The van der Waals surface area contributed by atoms with E-state index < -0.39 is 17.9 Å². The summed E-state index contributed by atoms with van der Waals surface area (Å²) in [6, 6.07) is 4.34. The molecule has 0 radical (unpaired) electrons. The third-order valence-electron chi connectivity index (χ3n) is 3.52. The molecular weight excluding hydrogens is 296 g/mol. The lowest BCUT2D eigenvalue weighted by Crippen LogP contribution is -2.46. The highest BCUT2D eigenvalue weighted by atomic mass is 16.4. The lowest BCUT2D eigenvalue weighted by Gasteiger charge is -2.16. The van der Waals surface area contributed by atoms with Crippen molar-refractivity contribution >= 4 is 17.8 Å². The minimum absolute atomic E-state index is 0.140. The highest BCUT2D eigenvalue weighted by Gasteiger charge is 2.21. The Morgan fingerprint density at radius 3 is 2.30 bits per heavy atom. The molecule has 6 nitrogen and oxygen atoms in total. The van der Waals surface area contributed by atoms with Crippen LogP contribution in [0.3, 0.4) is 0 Å².